The first kappa shape index (κ1) is 24.9. The van der Waals surface area contributed by atoms with E-state index in [9.17, 15) is 14.9 Å². The van der Waals surface area contributed by atoms with Crippen molar-refractivity contribution in [3.05, 3.63) is 105 Å². The predicted octanol–water partition coefficient (Wildman–Crippen LogP) is 4.99. The van der Waals surface area contributed by atoms with Crippen LogP contribution < -0.4 is 4.74 Å². The average Bonchev–Trinajstić information content (AvgIpc) is 3.38. The number of amides is 1. The molecular weight excluding hydrogens is 484 g/mol. The molecule has 1 heterocycles. The largest absolute Gasteiger partial charge is 0.484 e. The lowest BCUT2D eigenvalue weighted by Crippen LogP contribution is -2.38. The van der Waals surface area contributed by atoms with Crippen LogP contribution in [0.4, 0.5) is 5.69 Å². The first-order valence-electron chi connectivity index (χ1n) is 11.3. The number of benzene rings is 3. The number of carbonyl (C=O) groups excluding carboxylic acids is 1. The molecule has 0 aliphatic rings. The average molecular weight is 507 g/mol. The van der Waals surface area contributed by atoms with Gasteiger partial charge in [0.2, 0.25) is 11.7 Å². The van der Waals surface area contributed by atoms with Crippen molar-refractivity contribution >= 4 is 23.2 Å². The first-order valence-corrected chi connectivity index (χ1v) is 11.6. The van der Waals surface area contributed by atoms with Crippen molar-refractivity contribution in [3.8, 4) is 17.1 Å². The maximum atomic E-state index is 13.0. The van der Waals surface area contributed by atoms with Crippen LogP contribution in [0, 0.1) is 10.1 Å². The molecule has 10 heteroatoms. The number of nitrogens with zero attached hydrogens (tertiary/aromatic N) is 4. The van der Waals surface area contributed by atoms with Gasteiger partial charge in [-0.1, -0.05) is 59.2 Å². The van der Waals surface area contributed by atoms with Gasteiger partial charge in [-0.15, -0.1) is 0 Å². The lowest BCUT2D eigenvalue weighted by molar-refractivity contribution is -0.384. The first-order chi connectivity index (χ1) is 17.5. The van der Waals surface area contributed by atoms with Crippen molar-refractivity contribution in [2.45, 2.75) is 12.8 Å². The summed E-state index contributed by atoms with van der Waals surface area (Å²) in [5.74, 6) is 0.947. The number of nitro benzene ring substituents is 1. The van der Waals surface area contributed by atoms with E-state index >= 15 is 0 Å². The zero-order valence-corrected chi connectivity index (χ0v) is 20.0. The van der Waals surface area contributed by atoms with Crippen LogP contribution in [0.2, 0.25) is 5.02 Å². The van der Waals surface area contributed by atoms with Crippen molar-refractivity contribution in [2.75, 3.05) is 19.7 Å². The Morgan fingerprint density at radius 3 is 2.50 bits per heavy atom. The molecule has 1 amide bonds. The Bertz CT molecular complexity index is 1310. The van der Waals surface area contributed by atoms with E-state index in [1.54, 1.807) is 41.3 Å². The third-order valence-electron chi connectivity index (χ3n) is 5.42. The summed E-state index contributed by atoms with van der Waals surface area (Å²) in [4.78, 5) is 29.6. The summed E-state index contributed by atoms with van der Waals surface area (Å²) in [7, 11) is 0. The van der Waals surface area contributed by atoms with E-state index in [0.717, 1.165) is 5.56 Å². The Kier molecular flexibility index (Phi) is 8.25. The highest BCUT2D eigenvalue weighted by molar-refractivity contribution is 6.30. The third kappa shape index (κ3) is 6.89. The third-order valence-corrected chi connectivity index (χ3v) is 5.67. The van der Waals surface area contributed by atoms with Gasteiger partial charge in [0.15, 0.2) is 6.61 Å². The monoisotopic (exact) mass is 506 g/mol. The van der Waals surface area contributed by atoms with Crippen LogP contribution in [0.1, 0.15) is 11.5 Å². The predicted molar refractivity (Wildman–Crippen MR) is 134 cm³/mol. The minimum absolute atomic E-state index is 0.0581. The number of halogens is 1. The van der Waals surface area contributed by atoms with Gasteiger partial charge in [0.05, 0.1) is 4.92 Å². The maximum Gasteiger partial charge on any atom is 0.270 e. The highest BCUT2D eigenvalue weighted by Crippen LogP contribution is 2.21. The molecule has 0 unspecified atom stereocenters. The Morgan fingerprint density at radius 2 is 1.75 bits per heavy atom. The number of carbonyl (C=O) groups is 1. The Hall–Kier alpha value is -4.24. The normalized spacial score (nSPS) is 10.7. The topological polar surface area (TPSA) is 112 Å². The summed E-state index contributed by atoms with van der Waals surface area (Å²) in [6, 6.07) is 22.7. The summed E-state index contributed by atoms with van der Waals surface area (Å²) in [6.07, 6.45) is 1.000. The van der Waals surface area contributed by atoms with Gasteiger partial charge in [0.1, 0.15) is 5.75 Å². The molecule has 0 bridgehead atoms. The standard InChI is InChI=1S/C26H23ClN4O5/c27-21-9-11-23(12-10-21)35-18-25(32)30(15-13-19-5-2-1-3-6-19)16-14-24-28-26(29-36-24)20-7-4-8-22(17-20)31(33)34/h1-12,17H,13-16,18H2. The van der Waals surface area contributed by atoms with Crippen molar-refractivity contribution in [1.82, 2.24) is 15.0 Å². The van der Waals surface area contributed by atoms with E-state index in [4.69, 9.17) is 20.9 Å². The van der Waals surface area contributed by atoms with Gasteiger partial charge in [-0.05, 0) is 36.2 Å². The summed E-state index contributed by atoms with van der Waals surface area (Å²) in [5.41, 5.74) is 1.53. The fourth-order valence-corrected chi connectivity index (χ4v) is 3.63. The van der Waals surface area contributed by atoms with E-state index < -0.39 is 4.92 Å². The molecule has 0 saturated heterocycles. The number of hydrogen-bond donors (Lipinski definition) is 0. The molecule has 0 atom stereocenters. The van der Waals surface area contributed by atoms with E-state index in [1.165, 1.54) is 12.1 Å². The van der Waals surface area contributed by atoms with Crippen LogP contribution >= 0.6 is 11.6 Å². The van der Waals surface area contributed by atoms with Gasteiger partial charge in [0.25, 0.3) is 11.6 Å². The minimum Gasteiger partial charge on any atom is -0.484 e. The lowest BCUT2D eigenvalue weighted by Gasteiger charge is -2.22. The highest BCUT2D eigenvalue weighted by Gasteiger charge is 2.18. The van der Waals surface area contributed by atoms with E-state index in [2.05, 4.69) is 10.1 Å². The van der Waals surface area contributed by atoms with Crippen LogP contribution in [-0.2, 0) is 17.6 Å². The molecule has 4 rings (SSSR count). The quantitative estimate of drug-likeness (QED) is 0.208. The second-order valence-corrected chi connectivity index (χ2v) is 8.36. The van der Waals surface area contributed by atoms with Gasteiger partial charge >= 0.3 is 0 Å². The molecule has 184 valence electrons. The number of rotatable bonds is 11. The van der Waals surface area contributed by atoms with E-state index in [1.807, 2.05) is 30.3 Å². The fraction of sp³-hybridized carbons (Fsp3) is 0.192. The van der Waals surface area contributed by atoms with Crippen molar-refractivity contribution in [1.29, 1.82) is 0 Å². The Labute approximate surface area is 212 Å². The second kappa shape index (κ2) is 11.9. The Balaban J connectivity index is 1.41. The number of hydrogen-bond acceptors (Lipinski definition) is 7. The van der Waals surface area contributed by atoms with Crippen molar-refractivity contribution in [2.24, 2.45) is 0 Å². The Morgan fingerprint density at radius 1 is 1.00 bits per heavy atom. The van der Waals surface area contributed by atoms with E-state index in [0.29, 0.717) is 48.2 Å². The van der Waals surface area contributed by atoms with Crippen LogP contribution in [0.5, 0.6) is 5.75 Å². The zero-order valence-electron chi connectivity index (χ0n) is 19.2. The van der Waals surface area contributed by atoms with Crippen molar-refractivity contribution in [3.63, 3.8) is 0 Å². The summed E-state index contributed by atoms with van der Waals surface area (Å²) in [6.45, 7) is 0.699. The molecule has 0 saturated carbocycles. The van der Waals surface area contributed by atoms with E-state index in [-0.39, 0.29) is 24.0 Å². The summed E-state index contributed by atoms with van der Waals surface area (Å²) >= 11 is 5.91. The van der Waals surface area contributed by atoms with Crippen LogP contribution in [-0.4, -0.2) is 45.6 Å². The molecule has 0 radical (unpaired) electrons. The second-order valence-electron chi connectivity index (χ2n) is 7.93. The molecule has 1 aromatic heterocycles. The van der Waals surface area contributed by atoms with Gasteiger partial charge in [0, 0.05) is 42.2 Å². The molecule has 0 N–H and O–H groups in total. The van der Waals surface area contributed by atoms with Gasteiger partial charge in [-0.25, -0.2) is 0 Å². The van der Waals surface area contributed by atoms with Gasteiger partial charge in [-0.3, -0.25) is 14.9 Å². The molecule has 9 nitrogen and oxygen atoms in total. The van der Waals surface area contributed by atoms with Crippen LogP contribution in [0.15, 0.2) is 83.4 Å². The number of aromatic nitrogens is 2. The van der Waals surface area contributed by atoms with Crippen LogP contribution in [0.3, 0.4) is 0 Å². The molecule has 36 heavy (non-hydrogen) atoms. The SMILES string of the molecule is O=C(COc1ccc(Cl)cc1)N(CCc1ccccc1)CCc1nc(-c2cccc([N+](=O)[O-])c2)no1. The summed E-state index contributed by atoms with van der Waals surface area (Å²) in [5, 5.41) is 15.6. The van der Waals surface area contributed by atoms with Gasteiger partial charge in [-0.2, -0.15) is 4.98 Å². The molecule has 0 spiro atoms. The van der Waals surface area contributed by atoms with Crippen molar-refractivity contribution < 1.29 is 19.0 Å². The number of ether oxygens (including phenoxy) is 1. The lowest BCUT2D eigenvalue weighted by atomic mass is 10.1. The minimum atomic E-state index is -0.479. The van der Waals surface area contributed by atoms with Gasteiger partial charge < -0.3 is 14.2 Å². The maximum absolute atomic E-state index is 13.0. The zero-order chi connectivity index (χ0) is 25.3. The fourth-order valence-electron chi connectivity index (χ4n) is 3.50. The molecule has 4 aromatic rings. The molecule has 0 aliphatic heterocycles. The van der Waals surface area contributed by atoms with Crippen LogP contribution in [0.25, 0.3) is 11.4 Å². The summed E-state index contributed by atoms with van der Waals surface area (Å²) < 4.78 is 11.0. The number of non-ortho nitro benzene ring substituents is 1. The smallest absolute Gasteiger partial charge is 0.270 e. The molecule has 0 fully saturated rings. The molecule has 3 aromatic carbocycles. The highest BCUT2D eigenvalue weighted by atomic mass is 35.5. The molecular formula is C26H23ClN4O5. The molecule has 0 aliphatic carbocycles. The number of nitro groups is 1.